The summed E-state index contributed by atoms with van der Waals surface area (Å²) in [5, 5.41) is 10.7. The molecule has 5 nitrogen and oxygen atoms in total. The summed E-state index contributed by atoms with van der Waals surface area (Å²) in [5.74, 6) is -1.47. The van der Waals surface area contributed by atoms with Crippen molar-refractivity contribution >= 4 is 15.7 Å². The number of carbonyl (C=O) groups excluding carboxylic acids is 1. The number of alkyl halides is 7. The molecule has 2 aromatic carbocycles. The van der Waals surface area contributed by atoms with E-state index >= 15 is 0 Å². The molecular formula is C26H23F8NO4S. The zero-order valence-corrected chi connectivity index (χ0v) is 21.4. The number of amides is 1. The third-order valence-corrected chi connectivity index (χ3v) is 11.1. The number of sulfone groups is 1. The highest BCUT2D eigenvalue weighted by atomic mass is 32.2. The summed E-state index contributed by atoms with van der Waals surface area (Å²) < 4.78 is 136. The Morgan fingerprint density at radius 1 is 0.925 bits per heavy atom. The largest absolute Gasteiger partial charge is 0.435 e. The molecule has 2 aromatic rings. The quantitative estimate of drug-likeness (QED) is 0.386. The summed E-state index contributed by atoms with van der Waals surface area (Å²) >= 11 is 0. The second-order valence-electron chi connectivity index (χ2n) is 10.6. The number of likely N-dealkylation sites (tertiary alicyclic amines) is 1. The van der Waals surface area contributed by atoms with Crippen LogP contribution in [0.5, 0.6) is 0 Å². The Kier molecular flexibility index (Phi) is 6.39. The number of rotatable bonds is 4. The normalized spacial score (nSPS) is 24.7. The van der Waals surface area contributed by atoms with Gasteiger partial charge in [-0.3, -0.25) is 4.79 Å². The van der Waals surface area contributed by atoms with E-state index < -0.39 is 61.5 Å². The van der Waals surface area contributed by atoms with E-state index in [9.17, 15) is 53.4 Å². The molecule has 2 aliphatic carbocycles. The van der Waals surface area contributed by atoms with Crippen LogP contribution in [0.25, 0.3) is 0 Å². The van der Waals surface area contributed by atoms with Gasteiger partial charge in [0.2, 0.25) is 0 Å². The highest BCUT2D eigenvalue weighted by Gasteiger charge is 2.74. The molecule has 2 fully saturated rings. The smallest absolute Gasteiger partial charge is 0.380 e. The third kappa shape index (κ3) is 3.81. The second kappa shape index (κ2) is 8.88. The number of halogens is 8. The molecule has 14 heteroatoms. The Hall–Kier alpha value is -2.74. The van der Waals surface area contributed by atoms with Gasteiger partial charge < -0.3 is 10.0 Å². The zero-order chi connectivity index (χ0) is 29.5. The molecule has 1 N–H and O–H groups in total. The van der Waals surface area contributed by atoms with Gasteiger partial charge in [-0.05, 0) is 73.9 Å². The van der Waals surface area contributed by atoms with Gasteiger partial charge >= 0.3 is 18.0 Å². The van der Waals surface area contributed by atoms with Gasteiger partial charge in [0.05, 0.1) is 10.9 Å². The maximum Gasteiger partial charge on any atom is 0.435 e. The first-order valence-corrected chi connectivity index (χ1v) is 13.9. The first-order chi connectivity index (χ1) is 18.4. The van der Waals surface area contributed by atoms with E-state index in [0.717, 1.165) is 30.3 Å². The van der Waals surface area contributed by atoms with E-state index in [-0.39, 0.29) is 60.7 Å². The predicted octanol–water partition coefficient (Wildman–Crippen LogP) is 5.25. The molecule has 1 saturated carbocycles. The minimum atomic E-state index is -6.36. The number of nitrogens with zero attached hydrogens (tertiary/aromatic N) is 1. The van der Waals surface area contributed by atoms with E-state index in [1.54, 1.807) is 0 Å². The van der Waals surface area contributed by atoms with E-state index in [2.05, 4.69) is 0 Å². The van der Waals surface area contributed by atoms with Gasteiger partial charge in [-0.25, -0.2) is 17.2 Å². The van der Waals surface area contributed by atoms with Crippen molar-refractivity contribution in [2.24, 2.45) is 0 Å². The van der Waals surface area contributed by atoms with E-state index in [4.69, 9.17) is 0 Å². The van der Waals surface area contributed by atoms with E-state index in [1.165, 1.54) is 4.90 Å². The van der Waals surface area contributed by atoms with Crippen molar-refractivity contribution in [3.8, 4) is 0 Å². The molecule has 40 heavy (non-hydrogen) atoms. The first-order valence-electron chi connectivity index (χ1n) is 12.4. The molecule has 1 saturated heterocycles. The van der Waals surface area contributed by atoms with E-state index in [0.29, 0.717) is 12.5 Å². The zero-order valence-electron chi connectivity index (χ0n) is 20.6. The minimum Gasteiger partial charge on any atom is -0.380 e. The number of carbonyl (C=O) groups is 1. The van der Waals surface area contributed by atoms with Crippen molar-refractivity contribution in [1.82, 2.24) is 4.90 Å². The van der Waals surface area contributed by atoms with Gasteiger partial charge in [0.1, 0.15) is 16.2 Å². The van der Waals surface area contributed by atoms with Crippen molar-refractivity contribution in [2.45, 2.75) is 77.8 Å². The van der Waals surface area contributed by atoms with Crippen molar-refractivity contribution in [3.63, 3.8) is 0 Å². The Morgan fingerprint density at radius 3 is 2.05 bits per heavy atom. The fourth-order valence-electron chi connectivity index (χ4n) is 6.29. The number of hydrogen-bond donors (Lipinski definition) is 1. The molecule has 1 aliphatic heterocycles. The van der Waals surface area contributed by atoms with Gasteiger partial charge in [-0.2, -0.15) is 26.3 Å². The predicted molar refractivity (Wildman–Crippen MR) is 124 cm³/mol. The SMILES string of the molecule is O=C(N1CC[C@@]2(S(=O)(=O)c3ccc(F)cc3)c3ccc(C(F)(C(F)(F)F)C(F)(F)F)cc3CC[C@@H]12)C1(O)CCC1. The average molecular weight is 598 g/mol. The molecule has 218 valence electrons. The Balaban J connectivity index is 1.70. The standard InChI is InChI=1S/C26H23F8NO4S/c27-17-4-6-18(7-5-17)40(38,39)23-12-13-35(21(36)22(37)10-1-11-22)20(23)9-2-15-14-16(3-8-19(15)23)24(28,25(29,30)31)26(32,33)34/h3-8,14,20,37H,1-2,9-13H2/t20-,23-/m1/s1. The number of benzene rings is 2. The molecule has 0 aromatic heterocycles. The van der Waals surface area contributed by atoms with Crippen molar-refractivity contribution in [2.75, 3.05) is 6.54 Å². The van der Waals surface area contributed by atoms with Gasteiger partial charge in [-0.1, -0.05) is 18.2 Å². The number of hydrogen-bond acceptors (Lipinski definition) is 4. The second-order valence-corrected chi connectivity index (χ2v) is 12.8. The maximum atomic E-state index is 14.9. The first kappa shape index (κ1) is 28.8. The molecule has 0 unspecified atom stereocenters. The van der Waals surface area contributed by atoms with Crippen molar-refractivity contribution in [3.05, 3.63) is 65.0 Å². The molecule has 2 atom stereocenters. The maximum absolute atomic E-state index is 14.9. The molecule has 0 radical (unpaired) electrons. The lowest BCUT2D eigenvalue weighted by atomic mass is 9.75. The van der Waals surface area contributed by atoms with Crippen LogP contribution in [0.4, 0.5) is 35.1 Å². The summed E-state index contributed by atoms with van der Waals surface area (Å²) in [6, 6.07) is 3.97. The highest BCUT2D eigenvalue weighted by Crippen LogP contribution is 2.57. The van der Waals surface area contributed by atoms with Crippen molar-refractivity contribution < 1.29 is 53.4 Å². The Bertz CT molecular complexity index is 1440. The Labute approximate surface area is 223 Å². The fourth-order valence-corrected chi connectivity index (χ4v) is 8.66. The molecule has 3 aliphatic rings. The molecular weight excluding hydrogens is 574 g/mol. The molecule has 1 amide bonds. The topological polar surface area (TPSA) is 74.7 Å². The van der Waals surface area contributed by atoms with Crippen LogP contribution in [0.3, 0.4) is 0 Å². The number of aliphatic hydroxyl groups is 1. The molecule has 0 bridgehead atoms. The van der Waals surface area contributed by atoms with Crippen LogP contribution in [0.2, 0.25) is 0 Å². The molecule has 0 spiro atoms. The van der Waals surface area contributed by atoms with Crippen LogP contribution in [-0.4, -0.2) is 54.9 Å². The average Bonchev–Trinajstić information content (AvgIpc) is 3.26. The van der Waals surface area contributed by atoms with Crippen LogP contribution in [0.1, 0.15) is 48.8 Å². The lowest BCUT2D eigenvalue weighted by Gasteiger charge is -2.45. The third-order valence-electron chi connectivity index (χ3n) is 8.51. The number of fused-ring (bicyclic) bond motifs is 3. The summed E-state index contributed by atoms with van der Waals surface area (Å²) in [7, 11) is -4.58. The van der Waals surface area contributed by atoms with Crippen LogP contribution in [0.15, 0.2) is 47.4 Å². The van der Waals surface area contributed by atoms with Crippen LogP contribution in [0, 0.1) is 5.82 Å². The van der Waals surface area contributed by atoms with Crippen LogP contribution < -0.4 is 0 Å². The Morgan fingerprint density at radius 2 is 1.52 bits per heavy atom. The molecule has 1 heterocycles. The van der Waals surface area contributed by atoms with Crippen molar-refractivity contribution in [1.29, 1.82) is 0 Å². The highest BCUT2D eigenvalue weighted by molar-refractivity contribution is 7.92. The molecule has 5 rings (SSSR count). The summed E-state index contributed by atoms with van der Waals surface area (Å²) in [6.07, 6.45) is -12.6. The van der Waals surface area contributed by atoms with Gasteiger partial charge in [0, 0.05) is 12.1 Å². The van der Waals surface area contributed by atoms with Gasteiger partial charge in [0.25, 0.3) is 5.91 Å². The lowest BCUT2D eigenvalue weighted by molar-refractivity contribution is -0.348. The summed E-state index contributed by atoms with van der Waals surface area (Å²) in [4.78, 5) is 14.1. The minimum absolute atomic E-state index is 0.153. The number of aryl methyl sites for hydroxylation is 1. The van der Waals surface area contributed by atoms with Crippen LogP contribution >= 0.6 is 0 Å². The monoisotopic (exact) mass is 597 g/mol. The fraction of sp³-hybridized carbons (Fsp3) is 0.500. The van der Waals surface area contributed by atoms with Crippen LogP contribution in [-0.2, 0) is 31.5 Å². The lowest BCUT2D eigenvalue weighted by Crippen LogP contribution is -2.58. The summed E-state index contributed by atoms with van der Waals surface area (Å²) in [6.45, 7) is -0.175. The summed E-state index contributed by atoms with van der Waals surface area (Å²) in [5.41, 5.74) is -9.56. The van der Waals surface area contributed by atoms with Gasteiger partial charge in [0.15, 0.2) is 9.84 Å². The van der Waals surface area contributed by atoms with E-state index in [1.807, 2.05) is 0 Å². The van der Waals surface area contributed by atoms with Gasteiger partial charge in [-0.15, -0.1) is 0 Å².